The lowest BCUT2D eigenvalue weighted by Crippen LogP contribution is -2.64. The van der Waals surface area contributed by atoms with Crippen molar-refractivity contribution in [1.82, 2.24) is 0 Å². The van der Waals surface area contributed by atoms with Gasteiger partial charge in [0.05, 0.1) is 12.2 Å². The zero-order valence-electron chi connectivity index (χ0n) is 27.1. The summed E-state index contributed by atoms with van der Waals surface area (Å²) in [6.07, 6.45) is 7.35. The minimum Gasteiger partial charge on any atom is -0.412 e. The molecule has 5 rings (SSSR count). The van der Waals surface area contributed by atoms with E-state index in [0.29, 0.717) is 28.3 Å². The van der Waals surface area contributed by atoms with Crippen molar-refractivity contribution in [2.24, 2.45) is 11.3 Å². The Morgan fingerprint density at radius 1 is 0.951 bits per heavy atom. The van der Waals surface area contributed by atoms with E-state index in [1.807, 2.05) is 18.2 Å². The summed E-state index contributed by atoms with van der Waals surface area (Å²) < 4.78 is 28.1. The van der Waals surface area contributed by atoms with E-state index in [2.05, 4.69) is 70.5 Å². The largest absolute Gasteiger partial charge is 0.412 e. The minimum absolute atomic E-state index is 0.0312. The number of aliphatic hydroxyl groups is 1. The van der Waals surface area contributed by atoms with Crippen molar-refractivity contribution < 1.29 is 20.1 Å². The molecule has 2 saturated carbocycles. The Balaban J connectivity index is 1.42. The fourth-order valence-corrected chi connectivity index (χ4v) is 9.15. The quantitative estimate of drug-likeness (QED) is 0.301. The van der Waals surface area contributed by atoms with Crippen LogP contribution in [0.25, 0.3) is 0 Å². The molecule has 1 unspecified atom stereocenters. The average Bonchev–Trinajstić information content (AvgIpc) is 3.67. The van der Waals surface area contributed by atoms with Crippen molar-refractivity contribution in [3.05, 3.63) is 69.7 Å². The zero-order valence-corrected chi connectivity index (χ0v) is 28.9. The summed E-state index contributed by atoms with van der Waals surface area (Å²) in [6.45, 7) is 14.9. The van der Waals surface area contributed by atoms with Crippen LogP contribution in [0.4, 0.5) is 0 Å². The first-order valence-electron chi connectivity index (χ1n) is 16.2. The molecule has 1 heterocycles. The number of rotatable bonds is 8. The predicted octanol–water partition coefficient (Wildman–Crippen LogP) is 9.01. The molecule has 4 nitrogen and oxygen atoms in total. The zero-order chi connectivity index (χ0) is 30.5. The molecule has 3 fully saturated rings. The van der Waals surface area contributed by atoms with Gasteiger partial charge in [0.25, 0.3) is 0 Å². The van der Waals surface area contributed by atoms with Gasteiger partial charge in [0.2, 0.25) is 5.79 Å². The van der Waals surface area contributed by atoms with Crippen LogP contribution in [0.2, 0.25) is 44.3 Å². The van der Waals surface area contributed by atoms with Gasteiger partial charge in [-0.15, -0.1) is 0 Å². The van der Waals surface area contributed by atoms with E-state index in [1.165, 1.54) is 49.7 Å². The molecule has 0 radical (unpaired) electrons. The minimum atomic E-state index is -2.13. The molecular weight excluding hydrogens is 564 g/mol. The second-order valence-corrected chi connectivity index (χ2v) is 24.4. The van der Waals surface area contributed by atoms with Crippen LogP contribution in [-0.4, -0.2) is 40.1 Å². The fourth-order valence-electron chi connectivity index (χ4n) is 6.75. The van der Waals surface area contributed by atoms with Gasteiger partial charge in [-0.05, 0) is 131 Å². The Hall–Kier alpha value is -0.996. The third-order valence-corrected chi connectivity index (χ3v) is 11.7. The molecule has 2 aliphatic carbocycles. The summed E-state index contributed by atoms with van der Waals surface area (Å²) in [7, 11) is -4.15. The highest BCUT2D eigenvalue weighted by Crippen LogP contribution is 2.58. The maximum absolute atomic E-state index is 12.4. The van der Waals surface area contributed by atoms with Crippen molar-refractivity contribution >= 4 is 28.2 Å². The molecule has 41 heavy (non-hydrogen) atoms. The normalized spacial score (nSPS) is 30.8. The highest BCUT2D eigenvalue weighted by atomic mass is 35.5. The fraction of sp³-hybridized carbons (Fsp3) is 0.647. The Morgan fingerprint density at radius 3 is 2.15 bits per heavy atom. The van der Waals surface area contributed by atoms with Gasteiger partial charge in [0.15, 0.2) is 16.6 Å². The van der Waals surface area contributed by atoms with Crippen molar-refractivity contribution in [3.8, 4) is 0 Å². The van der Waals surface area contributed by atoms with E-state index < -0.39 is 40.7 Å². The van der Waals surface area contributed by atoms with Crippen LogP contribution < -0.4 is 0 Å². The molecule has 7 heteroatoms. The van der Waals surface area contributed by atoms with E-state index >= 15 is 0 Å². The van der Waals surface area contributed by atoms with Crippen LogP contribution in [0.3, 0.4) is 0 Å². The molecule has 1 aliphatic heterocycles. The van der Waals surface area contributed by atoms with Gasteiger partial charge in [-0.2, -0.15) is 0 Å². The van der Waals surface area contributed by atoms with Gasteiger partial charge in [-0.25, -0.2) is 0 Å². The lowest BCUT2D eigenvalue weighted by Gasteiger charge is -2.52. The molecule has 3 aliphatic rings. The standard InChI is InChI=1S/C34H51ClO4Si2/c1-23-24(2)37-34(36,32(39-41(6,7)8)31(23)38-40(3,4)5)29-13-14-30(35)28(22-29)21-25-9-11-26(12-10-25)27-15-17-33(18-16-27)19-20-33/h9-14,22-24,27,31-32,36H,15-21H2,1-8H3/t23-,24-,31+,32-,34?/m1/s1/i2T. The van der Waals surface area contributed by atoms with Gasteiger partial charge in [-0.3, -0.25) is 0 Å². The smallest absolute Gasteiger partial charge is 0.221 e. The number of ether oxygens (including phenoxy) is 1. The highest BCUT2D eigenvalue weighted by molar-refractivity contribution is 6.70. The van der Waals surface area contributed by atoms with E-state index in [4.69, 9.17) is 26.6 Å². The van der Waals surface area contributed by atoms with Crippen molar-refractivity contribution in [3.63, 3.8) is 0 Å². The Bertz CT molecular complexity index is 1230. The molecule has 226 valence electrons. The maximum Gasteiger partial charge on any atom is 0.221 e. The summed E-state index contributed by atoms with van der Waals surface area (Å²) in [4.78, 5) is 0. The topological polar surface area (TPSA) is 47.9 Å². The van der Waals surface area contributed by atoms with Gasteiger partial charge in [0, 0.05) is 17.9 Å². The lowest BCUT2D eigenvalue weighted by atomic mass is 9.77. The van der Waals surface area contributed by atoms with E-state index in [1.54, 1.807) is 0 Å². The monoisotopic (exact) mass is 616 g/mol. The van der Waals surface area contributed by atoms with Crippen LogP contribution in [0, 0.1) is 11.3 Å². The van der Waals surface area contributed by atoms with Gasteiger partial charge >= 0.3 is 0 Å². The number of hydrogen-bond acceptors (Lipinski definition) is 4. The van der Waals surface area contributed by atoms with Gasteiger partial charge in [0.1, 0.15) is 6.10 Å². The molecule has 0 amide bonds. The van der Waals surface area contributed by atoms with E-state index in [-0.39, 0.29) is 12.8 Å². The first kappa shape index (κ1) is 30.0. The van der Waals surface area contributed by atoms with E-state index in [9.17, 15) is 5.11 Å². The Morgan fingerprint density at radius 2 is 1.59 bits per heavy atom. The van der Waals surface area contributed by atoms with Crippen LogP contribution in [0.15, 0.2) is 42.5 Å². The maximum atomic E-state index is 12.4. The second kappa shape index (κ2) is 11.5. The highest BCUT2D eigenvalue weighted by Gasteiger charge is 2.55. The Labute approximate surface area is 256 Å². The number of hydrogen-bond donors (Lipinski definition) is 1. The first-order chi connectivity index (χ1) is 19.6. The van der Waals surface area contributed by atoms with Crippen molar-refractivity contribution in [2.75, 3.05) is 0 Å². The molecule has 2 aromatic rings. The average molecular weight is 617 g/mol. The van der Waals surface area contributed by atoms with Crippen LogP contribution in [-0.2, 0) is 25.8 Å². The lowest BCUT2D eigenvalue weighted by molar-refractivity contribution is -0.335. The molecule has 2 aromatic carbocycles. The summed E-state index contributed by atoms with van der Waals surface area (Å²) >= 11 is 6.76. The molecule has 0 bridgehead atoms. The molecule has 1 spiro atoms. The first-order valence-corrected chi connectivity index (χ1v) is 22.7. The van der Waals surface area contributed by atoms with Gasteiger partial charge < -0.3 is 18.7 Å². The number of halogens is 1. The summed E-state index contributed by atoms with van der Waals surface area (Å²) in [6, 6.07) is 14.7. The van der Waals surface area contributed by atoms with Crippen molar-refractivity contribution in [1.29, 1.82) is 0 Å². The SMILES string of the molecule is [3H]C[C@H]1OC(O)(c2ccc(Cl)c(Cc3ccc(C4CCC5(CC4)CC5)cc3)c2)[C@H](O[Si](C)(C)C)[C@@H](O[Si](C)(C)C)[C@@H]1C. The molecule has 5 atom stereocenters. The molecule has 1 N–H and O–H groups in total. The summed E-state index contributed by atoms with van der Waals surface area (Å²) in [5, 5.41) is 13.1. The van der Waals surface area contributed by atoms with Crippen LogP contribution in [0.5, 0.6) is 0 Å². The molecule has 0 aromatic heterocycles. The molecular formula is C34H51ClO4Si2. The summed E-state index contributed by atoms with van der Waals surface area (Å²) in [5.41, 5.74) is 4.89. The third kappa shape index (κ3) is 7.22. The third-order valence-electron chi connectivity index (χ3n) is 9.40. The second-order valence-electron chi connectivity index (χ2n) is 15.1. The van der Waals surface area contributed by atoms with Gasteiger partial charge in [-0.1, -0.05) is 48.9 Å². The van der Waals surface area contributed by atoms with Crippen molar-refractivity contribution in [2.45, 2.75) is 128 Å². The molecule has 1 saturated heterocycles. The predicted molar refractivity (Wildman–Crippen MR) is 174 cm³/mol. The summed E-state index contributed by atoms with van der Waals surface area (Å²) in [5.74, 6) is -1.18. The van der Waals surface area contributed by atoms with Crippen LogP contribution >= 0.6 is 11.6 Å². The van der Waals surface area contributed by atoms with E-state index in [0.717, 1.165) is 5.56 Å². The Kier molecular flexibility index (Phi) is 8.42. The number of benzene rings is 2. The van der Waals surface area contributed by atoms with Crippen LogP contribution in [0.1, 0.15) is 81.9 Å².